The van der Waals surface area contributed by atoms with Gasteiger partial charge in [0, 0.05) is 7.05 Å². The lowest BCUT2D eigenvalue weighted by molar-refractivity contribution is 0.0706. The number of amides is 1. The van der Waals surface area contributed by atoms with Gasteiger partial charge in [0.2, 0.25) is 10.0 Å². The van der Waals surface area contributed by atoms with Gasteiger partial charge in [0.05, 0.1) is 10.9 Å². The minimum atomic E-state index is -3.78. The molecule has 0 aliphatic heterocycles. The molecule has 0 spiro atoms. The summed E-state index contributed by atoms with van der Waals surface area (Å²) in [7, 11) is -2.15. The molecule has 3 aromatic rings. The number of halogens is 1. The van der Waals surface area contributed by atoms with E-state index in [0.717, 1.165) is 5.56 Å². The molecule has 0 aliphatic carbocycles. The largest absolute Gasteiger partial charge is 0.486 e. The summed E-state index contributed by atoms with van der Waals surface area (Å²) in [4.78, 5) is 14.2. The number of carbonyl (C=O) groups excluding carboxylic acids is 1. The fraction of sp³-hybridized carbons (Fsp3) is 0.190. The van der Waals surface area contributed by atoms with Gasteiger partial charge in [-0.3, -0.25) is 4.79 Å². The number of hydrogen-bond donors (Lipinski definition) is 1. The second-order valence-electron chi connectivity index (χ2n) is 6.71. The number of carbonyl (C=O) groups is 1. The van der Waals surface area contributed by atoms with Crippen molar-refractivity contribution in [3.8, 4) is 5.75 Å². The second-order valence-corrected chi connectivity index (χ2v) is 8.28. The number of rotatable bonds is 7. The Labute approximate surface area is 173 Å². The van der Waals surface area contributed by atoms with Crippen molar-refractivity contribution >= 4 is 15.9 Å². The third-order valence-electron chi connectivity index (χ3n) is 4.66. The number of ether oxygens (including phenoxy) is 1. The summed E-state index contributed by atoms with van der Waals surface area (Å²) >= 11 is 0. The van der Waals surface area contributed by atoms with Crippen molar-refractivity contribution in [3.63, 3.8) is 0 Å². The molecule has 2 aromatic carbocycles. The lowest BCUT2D eigenvalue weighted by Gasteiger charge is -2.24. The Kier molecular flexibility index (Phi) is 6.23. The van der Waals surface area contributed by atoms with Crippen LogP contribution in [0, 0.1) is 5.82 Å². The van der Waals surface area contributed by atoms with Crippen LogP contribution in [0.4, 0.5) is 4.39 Å². The van der Waals surface area contributed by atoms with Gasteiger partial charge in [-0.05, 0) is 61.0 Å². The predicted octanol–water partition coefficient (Wildman–Crippen LogP) is 3.48. The molecule has 158 valence electrons. The van der Waals surface area contributed by atoms with Crippen LogP contribution in [0.2, 0.25) is 0 Å². The van der Waals surface area contributed by atoms with Gasteiger partial charge in [0.1, 0.15) is 23.9 Å². The molecule has 0 radical (unpaired) electrons. The van der Waals surface area contributed by atoms with E-state index >= 15 is 0 Å². The SMILES string of the molecule is C[C@H](c1ccc(S(N)(=O)=O)cc1)N(C)C(=O)c1ccc(COc2ccc(F)cc2)o1. The van der Waals surface area contributed by atoms with E-state index in [-0.39, 0.29) is 35.0 Å². The molecular formula is C21H21FN2O5S. The van der Waals surface area contributed by atoms with Crippen LogP contribution in [0.1, 0.15) is 34.8 Å². The Morgan fingerprint density at radius 2 is 1.73 bits per heavy atom. The predicted molar refractivity (Wildman–Crippen MR) is 108 cm³/mol. The summed E-state index contributed by atoms with van der Waals surface area (Å²) in [5.41, 5.74) is 0.740. The number of nitrogens with zero attached hydrogens (tertiary/aromatic N) is 1. The van der Waals surface area contributed by atoms with Crippen LogP contribution in [-0.2, 0) is 16.6 Å². The van der Waals surface area contributed by atoms with Crippen LogP contribution in [0.15, 0.2) is 70.0 Å². The minimum Gasteiger partial charge on any atom is -0.486 e. The zero-order chi connectivity index (χ0) is 21.9. The molecule has 3 rings (SSSR count). The van der Waals surface area contributed by atoms with E-state index in [1.54, 1.807) is 31.3 Å². The molecular weight excluding hydrogens is 411 g/mol. The highest BCUT2D eigenvalue weighted by molar-refractivity contribution is 7.89. The Bertz CT molecular complexity index is 1120. The molecule has 1 aromatic heterocycles. The molecule has 2 N–H and O–H groups in total. The molecule has 1 atom stereocenters. The van der Waals surface area contributed by atoms with Gasteiger partial charge in [-0.25, -0.2) is 17.9 Å². The van der Waals surface area contributed by atoms with Gasteiger partial charge < -0.3 is 14.1 Å². The van der Waals surface area contributed by atoms with E-state index in [1.807, 2.05) is 6.92 Å². The lowest BCUT2D eigenvalue weighted by Crippen LogP contribution is -2.29. The fourth-order valence-corrected chi connectivity index (χ4v) is 3.28. The number of sulfonamides is 1. The van der Waals surface area contributed by atoms with E-state index in [4.69, 9.17) is 14.3 Å². The molecule has 30 heavy (non-hydrogen) atoms. The first-order valence-electron chi connectivity index (χ1n) is 9.02. The molecule has 0 bridgehead atoms. The molecule has 0 aliphatic rings. The maximum absolute atomic E-state index is 12.9. The molecule has 7 nitrogen and oxygen atoms in total. The van der Waals surface area contributed by atoms with Crippen molar-refractivity contribution in [2.24, 2.45) is 5.14 Å². The first kappa shape index (κ1) is 21.5. The zero-order valence-corrected chi connectivity index (χ0v) is 17.2. The molecule has 1 heterocycles. The number of furan rings is 1. The van der Waals surface area contributed by atoms with Crippen LogP contribution >= 0.6 is 0 Å². The van der Waals surface area contributed by atoms with Gasteiger partial charge in [-0.2, -0.15) is 0 Å². The summed E-state index contributed by atoms with van der Waals surface area (Å²) in [6, 6.07) is 14.5. The Morgan fingerprint density at radius 1 is 1.10 bits per heavy atom. The molecule has 0 saturated heterocycles. The second kappa shape index (κ2) is 8.68. The lowest BCUT2D eigenvalue weighted by atomic mass is 10.1. The average Bonchev–Trinajstić information content (AvgIpc) is 3.20. The Balaban J connectivity index is 1.64. The van der Waals surface area contributed by atoms with Crippen molar-refractivity contribution in [2.45, 2.75) is 24.5 Å². The van der Waals surface area contributed by atoms with E-state index in [9.17, 15) is 17.6 Å². The van der Waals surface area contributed by atoms with Crippen LogP contribution in [0.3, 0.4) is 0 Å². The molecule has 0 saturated carbocycles. The van der Waals surface area contributed by atoms with Crippen LogP contribution in [-0.4, -0.2) is 26.3 Å². The third kappa shape index (κ3) is 5.05. The fourth-order valence-electron chi connectivity index (χ4n) is 2.77. The van der Waals surface area contributed by atoms with E-state index < -0.39 is 10.0 Å². The van der Waals surface area contributed by atoms with Crippen LogP contribution < -0.4 is 9.88 Å². The highest BCUT2D eigenvalue weighted by atomic mass is 32.2. The number of benzene rings is 2. The normalized spacial score (nSPS) is 12.4. The molecule has 0 fully saturated rings. The Hall–Kier alpha value is -3.17. The van der Waals surface area contributed by atoms with Crippen molar-refractivity contribution in [1.29, 1.82) is 0 Å². The van der Waals surface area contributed by atoms with Crippen LogP contribution in [0.5, 0.6) is 5.75 Å². The maximum atomic E-state index is 12.9. The quantitative estimate of drug-likeness (QED) is 0.616. The van der Waals surface area contributed by atoms with Crippen LogP contribution in [0.25, 0.3) is 0 Å². The summed E-state index contributed by atoms with van der Waals surface area (Å²) < 4.78 is 46.8. The Morgan fingerprint density at radius 3 is 2.33 bits per heavy atom. The highest BCUT2D eigenvalue weighted by Crippen LogP contribution is 2.23. The molecule has 9 heteroatoms. The molecule has 0 unspecified atom stereocenters. The number of primary sulfonamides is 1. The van der Waals surface area contributed by atoms with Gasteiger partial charge in [-0.15, -0.1) is 0 Å². The van der Waals surface area contributed by atoms with E-state index in [2.05, 4.69) is 0 Å². The monoisotopic (exact) mass is 432 g/mol. The third-order valence-corrected chi connectivity index (χ3v) is 5.59. The van der Waals surface area contributed by atoms with E-state index in [0.29, 0.717) is 11.5 Å². The van der Waals surface area contributed by atoms with Crippen molar-refractivity contribution in [2.75, 3.05) is 7.05 Å². The average molecular weight is 432 g/mol. The van der Waals surface area contributed by atoms with E-state index in [1.165, 1.54) is 41.3 Å². The van der Waals surface area contributed by atoms with Gasteiger partial charge in [0.15, 0.2) is 5.76 Å². The van der Waals surface area contributed by atoms with Gasteiger partial charge >= 0.3 is 0 Å². The standard InChI is InChI=1S/C21H21FN2O5S/c1-14(15-3-10-19(11-4-15)30(23,26)27)24(2)21(25)20-12-9-18(29-20)13-28-17-7-5-16(22)6-8-17/h3-12,14H,13H2,1-2H3,(H2,23,26,27)/t14-/m1/s1. The summed E-state index contributed by atoms with van der Waals surface area (Å²) in [5, 5.41) is 5.11. The highest BCUT2D eigenvalue weighted by Gasteiger charge is 2.22. The topological polar surface area (TPSA) is 103 Å². The summed E-state index contributed by atoms with van der Waals surface area (Å²) in [6.07, 6.45) is 0. The number of nitrogens with two attached hydrogens (primary N) is 1. The molecule has 1 amide bonds. The van der Waals surface area contributed by atoms with Crippen molar-refractivity contribution in [1.82, 2.24) is 4.90 Å². The summed E-state index contributed by atoms with van der Waals surface area (Å²) in [5.74, 6) is 0.370. The van der Waals surface area contributed by atoms with Crippen molar-refractivity contribution in [3.05, 3.63) is 83.6 Å². The van der Waals surface area contributed by atoms with Gasteiger partial charge in [0.25, 0.3) is 5.91 Å². The smallest absolute Gasteiger partial charge is 0.289 e. The van der Waals surface area contributed by atoms with Crippen molar-refractivity contribution < 1.29 is 26.8 Å². The number of hydrogen-bond acceptors (Lipinski definition) is 5. The first-order chi connectivity index (χ1) is 14.1. The zero-order valence-electron chi connectivity index (χ0n) is 16.4. The summed E-state index contributed by atoms with van der Waals surface area (Å²) in [6.45, 7) is 1.90. The maximum Gasteiger partial charge on any atom is 0.289 e. The van der Waals surface area contributed by atoms with Gasteiger partial charge in [-0.1, -0.05) is 12.1 Å². The first-order valence-corrected chi connectivity index (χ1v) is 10.6. The minimum absolute atomic E-state index is 0.00394.